The van der Waals surface area contributed by atoms with E-state index in [0.29, 0.717) is 0 Å². The maximum Gasteiger partial charge on any atom is 0.419 e. The highest BCUT2D eigenvalue weighted by molar-refractivity contribution is 5.75. The van der Waals surface area contributed by atoms with E-state index in [4.69, 9.17) is 10.8 Å². The monoisotopic (exact) mass is 263 g/mol. The van der Waals surface area contributed by atoms with Crippen LogP contribution in [0.4, 0.5) is 13.2 Å². The lowest BCUT2D eigenvalue weighted by Gasteiger charge is -2.13. The number of phenols is 1. The third-order valence-electron chi connectivity index (χ3n) is 2.33. The van der Waals surface area contributed by atoms with Crippen molar-refractivity contribution in [1.82, 2.24) is 0 Å². The first-order chi connectivity index (χ1) is 8.25. The molecule has 3 N–H and O–H groups in total. The Morgan fingerprint density at radius 3 is 2.61 bits per heavy atom. The van der Waals surface area contributed by atoms with Gasteiger partial charge in [0.15, 0.2) is 0 Å². The molecule has 0 unspecified atom stereocenters. The van der Waals surface area contributed by atoms with Crippen LogP contribution >= 0.6 is 0 Å². The van der Waals surface area contributed by atoms with Gasteiger partial charge in [0.05, 0.1) is 12.7 Å². The minimum absolute atomic E-state index is 0.101. The Labute approximate surface area is 101 Å². The number of halogens is 3. The number of nitrogens with two attached hydrogens (primary N) is 1. The molecule has 1 atom stereocenters. The van der Waals surface area contributed by atoms with E-state index in [2.05, 4.69) is 4.74 Å². The minimum atomic E-state index is -4.66. The van der Waals surface area contributed by atoms with Gasteiger partial charge in [-0.05, 0) is 24.1 Å². The SMILES string of the molecule is COC(=O)[C@@H](N)Cc1ccc(O)c(C(F)(F)F)c1. The molecule has 18 heavy (non-hydrogen) atoms. The van der Waals surface area contributed by atoms with Crippen LogP contribution in [0.1, 0.15) is 11.1 Å². The Morgan fingerprint density at radius 1 is 1.50 bits per heavy atom. The summed E-state index contributed by atoms with van der Waals surface area (Å²) in [7, 11) is 1.14. The Morgan fingerprint density at radius 2 is 2.11 bits per heavy atom. The summed E-state index contributed by atoms with van der Waals surface area (Å²) in [5.41, 5.74) is 4.48. The van der Waals surface area contributed by atoms with Crippen LogP contribution in [0.2, 0.25) is 0 Å². The quantitative estimate of drug-likeness (QED) is 0.810. The number of ether oxygens (including phenoxy) is 1. The van der Waals surface area contributed by atoms with E-state index in [0.717, 1.165) is 19.2 Å². The summed E-state index contributed by atoms with van der Waals surface area (Å²) in [6, 6.07) is 1.91. The fraction of sp³-hybridized carbons (Fsp3) is 0.364. The Hall–Kier alpha value is -1.76. The van der Waals surface area contributed by atoms with Gasteiger partial charge in [0.2, 0.25) is 0 Å². The molecule has 1 rings (SSSR count). The second-order valence-corrected chi connectivity index (χ2v) is 3.68. The molecule has 0 heterocycles. The summed E-state index contributed by atoms with van der Waals surface area (Å²) < 4.78 is 41.9. The van der Waals surface area contributed by atoms with E-state index in [1.165, 1.54) is 6.07 Å². The number of hydrogen-bond donors (Lipinski definition) is 2. The molecule has 1 aromatic carbocycles. The van der Waals surface area contributed by atoms with Crippen molar-refractivity contribution in [3.05, 3.63) is 29.3 Å². The van der Waals surface area contributed by atoms with E-state index in [1.54, 1.807) is 0 Å². The maximum absolute atomic E-state index is 12.5. The highest BCUT2D eigenvalue weighted by Gasteiger charge is 2.34. The van der Waals surface area contributed by atoms with Crippen LogP contribution in [0.15, 0.2) is 18.2 Å². The fourth-order valence-corrected chi connectivity index (χ4v) is 1.43. The summed E-state index contributed by atoms with van der Waals surface area (Å²) in [5, 5.41) is 9.12. The number of hydrogen-bond acceptors (Lipinski definition) is 4. The molecule has 7 heteroatoms. The van der Waals surface area contributed by atoms with Gasteiger partial charge in [-0.15, -0.1) is 0 Å². The molecule has 0 saturated heterocycles. The van der Waals surface area contributed by atoms with Crippen LogP contribution in [0.25, 0.3) is 0 Å². The lowest BCUT2D eigenvalue weighted by molar-refractivity contribution is -0.142. The predicted octanol–water partition coefficient (Wildman–Crippen LogP) is 1.45. The van der Waals surface area contributed by atoms with Crippen LogP contribution in [-0.4, -0.2) is 24.2 Å². The van der Waals surface area contributed by atoms with Crippen LogP contribution in [-0.2, 0) is 22.1 Å². The van der Waals surface area contributed by atoms with E-state index in [1.807, 2.05) is 0 Å². The highest BCUT2D eigenvalue weighted by Crippen LogP contribution is 2.36. The van der Waals surface area contributed by atoms with Crippen molar-refractivity contribution in [2.24, 2.45) is 5.73 Å². The van der Waals surface area contributed by atoms with Gasteiger partial charge >= 0.3 is 12.1 Å². The molecule has 0 spiro atoms. The number of esters is 1. The second-order valence-electron chi connectivity index (χ2n) is 3.68. The lowest BCUT2D eigenvalue weighted by atomic mass is 10.0. The van der Waals surface area contributed by atoms with Crippen LogP contribution < -0.4 is 5.73 Å². The smallest absolute Gasteiger partial charge is 0.419 e. The molecule has 0 aromatic heterocycles. The Kier molecular flexibility index (Phi) is 4.18. The molecule has 0 amide bonds. The summed E-state index contributed by atoms with van der Waals surface area (Å²) in [5.74, 6) is -1.57. The Bertz CT molecular complexity index is 446. The second kappa shape index (κ2) is 5.26. The number of alkyl halides is 3. The van der Waals surface area contributed by atoms with E-state index in [-0.39, 0.29) is 12.0 Å². The molecule has 0 aliphatic carbocycles. The summed E-state index contributed by atoms with van der Waals surface area (Å²) >= 11 is 0. The third-order valence-corrected chi connectivity index (χ3v) is 2.33. The van der Waals surface area contributed by atoms with Gasteiger partial charge in [0, 0.05) is 0 Å². The fourth-order valence-electron chi connectivity index (χ4n) is 1.43. The largest absolute Gasteiger partial charge is 0.507 e. The van der Waals surface area contributed by atoms with E-state index in [9.17, 15) is 18.0 Å². The number of carbonyl (C=O) groups excluding carboxylic acids is 1. The maximum atomic E-state index is 12.5. The topological polar surface area (TPSA) is 72.5 Å². The summed E-state index contributed by atoms with van der Waals surface area (Å²) in [6.07, 6.45) is -4.76. The van der Waals surface area contributed by atoms with Crippen molar-refractivity contribution < 1.29 is 27.8 Å². The van der Waals surface area contributed by atoms with Gasteiger partial charge in [0.25, 0.3) is 0 Å². The number of carbonyl (C=O) groups is 1. The highest BCUT2D eigenvalue weighted by atomic mass is 19.4. The molecule has 0 saturated carbocycles. The average Bonchev–Trinajstić information content (AvgIpc) is 2.29. The zero-order valence-electron chi connectivity index (χ0n) is 9.49. The van der Waals surface area contributed by atoms with Crippen LogP contribution in [0.3, 0.4) is 0 Å². The van der Waals surface area contributed by atoms with Crippen molar-refractivity contribution in [1.29, 1.82) is 0 Å². The first-order valence-corrected chi connectivity index (χ1v) is 4.98. The molecule has 0 radical (unpaired) electrons. The van der Waals surface area contributed by atoms with Crippen molar-refractivity contribution in [2.75, 3.05) is 7.11 Å². The standard InChI is InChI=1S/C11H12F3NO3/c1-18-10(17)8(15)5-6-2-3-9(16)7(4-6)11(12,13)14/h2-4,8,16H,5,15H2,1H3/t8-/m0/s1. The van der Waals surface area contributed by atoms with Gasteiger partial charge in [-0.25, -0.2) is 0 Å². The van der Waals surface area contributed by atoms with E-state index >= 15 is 0 Å². The van der Waals surface area contributed by atoms with Gasteiger partial charge in [-0.1, -0.05) is 6.07 Å². The first kappa shape index (κ1) is 14.3. The van der Waals surface area contributed by atoms with Crippen LogP contribution in [0, 0.1) is 0 Å². The number of benzene rings is 1. The molecular weight excluding hydrogens is 251 g/mol. The third kappa shape index (κ3) is 3.36. The van der Waals surface area contributed by atoms with Crippen molar-refractivity contribution in [2.45, 2.75) is 18.6 Å². The summed E-state index contributed by atoms with van der Waals surface area (Å²) in [4.78, 5) is 11.0. The molecule has 0 aliphatic rings. The summed E-state index contributed by atoms with van der Waals surface area (Å²) in [6.45, 7) is 0. The van der Waals surface area contributed by atoms with Crippen molar-refractivity contribution in [3.63, 3.8) is 0 Å². The van der Waals surface area contributed by atoms with E-state index < -0.39 is 29.5 Å². The molecular formula is C11H12F3NO3. The molecule has 0 fully saturated rings. The van der Waals surface area contributed by atoms with Crippen molar-refractivity contribution >= 4 is 5.97 Å². The van der Waals surface area contributed by atoms with Gasteiger partial charge in [-0.2, -0.15) is 13.2 Å². The predicted molar refractivity (Wildman–Crippen MR) is 56.8 cm³/mol. The van der Waals surface area contributed by atoms with Gasteiger partial charge in [0.1, 0.15) is 11.8 Å². The average molecular weight is 263 g/mol. The molecule has 0 aliphatic heterocycles. The normalized spacial score (nSPS) is 13.2. The van der Waals surface area contributed by atoms with Crippen molar-refractivity contribution in [3.8, 4) is 5.75 Å². The zero-order valence-corrected chi connectivity index (χ0v) is 9.49. The molecule has 4 nitrogen and oxygen atoms in total. The minimum Gasteiger partial charge on any atom is -0.507 e. The zero-order chi connectivity index (χ0) is 13.9. The molecule has 100 valence electrons. The first-order valence-electron chi connectivity index (χ1n) is 4.98. The number of methoxy groups -OCH3 is 1. The lowest BCUT2D eigenvalue weighted by Crippen LogP contribution is -2.33. The van der Waals surface area contributed by atoms with Gasteiger partial charge in [-0.3, -0.25) is 4.79 Å². The number of phenolic OH excluding ortho intramolecular Hbond substituents is 1. The number of rotatable bonds is 3. The Balaban J connectivity index is 2.96. The molecule has 0 bridgehead atoms. The molecule has 1 aromatic rings. The number of aromatic hydroxyl groups is 1. The van der Waals surface area contributed by atoms with Gasteiger partial charge < -0.3 is 15.6 Å². The van der Waals surface area contributed by atoms with Crippen LogP contribution in [0.5, 0.6) is 5.75 Å².